The number of hydrogen-bond donors (Lipinski definition) is 0. The minimum atomic E-state index is -0.455. The molecule has 2 aliphatic rings. The van der Waals surface area contributed by atoms with Gasteiger partial charge in [-0.2, -0.15) is 0 Å². The third kappa shape index (κ3) is 4.32. The quantitative estimate of drug-likeness (QED) is 0.658. The summed E-state index contributed by atoms with van der Waals surface area (Å²) in [5.74, 6) is 0.000381. The Bertz CT molecular complexity index is 887. The Morgan fingerprint density at radius 3 is 2.66 bits per heavy atom. The summed E-state index contributed by atoms with van der Waals surface area (Å²) in [5.41, 5.74) is 3.08. The Labute approximate surface area is 179 Å². The molecular weight excluding hydrogens is 432 g/mol. The van der Waals surface area contributed by atoms with Crippen molar-refractivity contribution in [2.24, 2.45) is 0 Å². The summed E-state index contributed by atoms with van der Waals surface area (Å²) >= 11 is 3.63. The predicted octanol–water partition coefficient (Wildman–Crippen LogP) is 4.92. The number of anilines is 1. The second-order valence-electron chi connectivity index (χ2n) is 7.58. The molecular formula is C23H25BrN2O3. The minimum absolute atomic E-state index is 0.000381. The van der Waals surface area contributed by atoms with Crippen molar-refractivity contribution in [3.8, 4) is 0 Å². The third-order valence-electron chi connectivity index (χ3n) is 5.69. The Kier molecular flexibility index (Phi) is 6.19. The van der Waals surface area contributed by atoms with Gasteiger partial charge >= 0.3 is 6.09 Å². The normalized spacial score (nSPS) is 18.9. The summed E-state index contributed by atoms with van der Waals surface area (Å²) in [6.07, 6.45) is 4.04. The van der Waals surface area contributed by atoms with Crippen molar-refractivity contribution in [1.82, 2.24) is 4.90 Å². The highest BCUT2D eigenvalue weighted by molar-refractivity contribution is 9.10. The van der Waals surface area contributed by atoms with Gasteiger partial charge in [-0.15, -0.1) is 0 Å². The molecule has 6 heteroatoms. The van der Waals surface area contributed by atoms with Crippen LogP contribution in [0.2, 0.25) is 0 Å². The monoisotopic (exact) mass is 456 g/mol. The van der Waals surface area contributed by atoms with E-state index in [0.717, 1.165) is 41.4 Å². The standard InChI is InChI=1S/C23H25BrN2O3/c24-19-11-6-12-20-18(19)10-4-5-14-25(20)22(27)21-13-7-15-26(21)23(28)29-16-17-8-2-1-3-9-17/h1-3,6,8-9,11-12,21H,4-5,7,10,13-16H2/t21-/m0/s1. The van der Waals surface area contributed by atoms with Crippen LogP contribution in [0.3, 0.4) is 0 Å². The molecule has 0 N–H and O–H groups in total. The fraction of sp³-hybridized carbons (Fsp3) is 0.391. The SMILES string of the molecule is O=C([C@@H]1CCCN1C(=O)OCc1ccccc1)N1CCCCc2c(Br)cccc21. The van der Waals surface area contributed by atoms with E-state index < -0.39 is 12.1 Å². The highest BCUT2D eigenvalue weighted by Gasteiger charge is 2.38. The molecule has 2 heterocycles. The molecule has 152 valence electrons. The zero-order valence-electron chi connectivity index (χ0n) is 16.4. The van der Waals surface area contributed by atoms with Crippen LogP contribution in [0.25, 0.3) is 0 Å². The van der Waals surface area contributed by atoms with Crippen molar-refractivity contribution in [3.63, 3.8) is 0 Å². The van der Waals surface area contributed by atoms with E-state index in [1.807, 2.05) is 53.4 Å². The lowest BCUT2D eigenvalue weighted by atomic mass is 10.1. The molecule has 1 atom stereocenters. The third-order valence-corrected chi connectivity index (χ3v) is 6.43. The van der Waals surface area contributed by atoms with E-state index in [-0.39, 0.29) is 12.5 Å². The number of carbonyl (C=O) groups is 2. The molecule has 29 heavy (non-hydrogen) atoms. The Hall–Kier alpha value is -2.34. The number of halogens is 1. The number of amides is 2. The van der Waals surface area contributed by atoms with Gasteiger partial charge in [0.25, 0.3) is 0 Å². The van der Waals surface area contributed by atoms with Crippen LogP contribution in [0.4, 0.5) is 10.5 Å². The maximum atomic E-state index is 13.5. The Morgan fingerprint density at radius 1 is 1.00 bits per heavy atom. The first-order chi connectivity index (χ1) is 14.1. The summed E-state index contributed by atoms with van der Waals surface area (Å²) in [5, 5.41) is 0. The molecule has 0 saturated carbocycles. The molecule has 2 aromatic rings. The molecule has 2 amide bonds. The van der Waals surface area contributed by atoms with Crippen LogP contribution in [0.5, 0.6) is 0 Å². The van der Waals surface area contributed by atoms with Gasteiger partial charge in [0.1, 0.15) is 12.6 Å². The molecule has 0 bridgehead atoms. The van der Waals surface area contributed by atoms with E-state index in [1.54, 1.807) is 4.90 Å². The number of ether oxygens (including phenoxy) is 1. The molecule has 0 aromatic heterocycles. The fourth-order valence-corrected chi connectivity index (χ4v) is 4.75. The van der Waals surface area contributed by atoms with Gasteiger partial charge < -0.3 is 9.64 Å². The van der Waals surface area contributed by atoms with E-state index in [0.29, 0.717) is 19.5 Å². The second kappa shape index (κ2) is 8.99. The van der Waals surface area contributed by atoms with Gasteiger partial charge in [0.05, 0.1) is 0 Å². The van der Waals surface area contributed by atoms with Crippen LogP contribution in [0, 0.1) is 0 Å². The lowest BCUT2D eigenvalue weighted by molar-refractivity contribution is -0.122. The number of nitrogens with zero attached hydrogens (tertiary/aromatic N) is 2. The average molecular weight is 457 g/mol. The van der Waals surface area contributed by atoms with Gasteiger partial charge in [-0.3, -0.25) is 9.69 Å². The molecule has 0 spiro atoms. The van der Waals surface area contributed by atoms with Gasteiger partial charge in [0.2, 0.25) is 5.91 Å². The molecule has 0 aliphatic carbocycles. The molecule has 0 radical (unpaired) electrons. The number of hydrogen-bond acceptors (Lipinski definition) is 3. The van der Waals surface area contributed by atoms with Gasteiger partial charge in [-0.25, -0.2) is 4.79 Å². The van der Waals surface area contributed by atoms with E-state index in [2.05, 4.69) is 15.9 Å². The Balaban J connectivity index is 1.49. The number of benzene rings is 2. The zero-order valence-corrected chi connectivity index (χ0v) is 17.9. The van der Waals surface area contributed by atoms with Crippen LogP contribution in [-0.4, -0.2) is 36.0 Å². The van der Waals surface area contributed by atoms with Crippen molar-refractivity contribution < 1.29 is 14.3 Å². The van der Waals surface area contributed by atoms with Crippen LogP contribution >= 0.6 is 15.9 Å². The molecule has 2 aliphatic heterocycles. The number of rotatable bonds is 3. The van der Waals surface area contributed by atoms with E-state index in [1.165, 1.54) is 5.56 Å². The van der Waals surface area contributed by atoms with Crippen molar-refractivity contribution in [3.05, 3.63) is 64.1 Å². The molecule has 5 nitrogen and oxygen atoms in total. The molecule has 0 unspecified atom stereocenters. The first-order valence-electron chi connectivity index (χ1n) is 10.2. The Morgan fingerprint density at radius 2 is 1.83 bits per heavy atom. The molecule has 4 rings (SSSR count). The first kappa shape index (κ1) is 20.0. The summed E-state index contributed by atoms with van der Waals surface area (Å²) < 4.78 is 6.54. The smallest absolute Gasteiger partial charge is 0.410 e. The minimum Gasteiger partial charge on any atom is -0.445 e. The van der Waals surface area contributed by atoms with Crippen LogP contribution in [-0.2, 0) is 22.6 Å². The maximum Gasteiger partial charge on any atom is 0.410 e. The highest BCUT2D eigenvalue weighted by Crippen LogP contribution is 2.34. The summed E-state index contributed by atoms with van der Waals surface area (Å²) in [4.78, 5) is 29.7. The number of likely N-dealkylation sites (tertiary alicyclic amines) is 1. The predicted molar refractivity (Wildman–Crippen MR) is 116 cm³/mol. The lowest BCUT2D eigenvalue weighted by Gasteiger charge is -2.30. The fourth-order valence-electron chi connectivity index (χ4n) is 4.19. The summed E-state index contributed by atoms with van der Waals surface area (Å²) in [6, 6.07) is 15.2. The van der Waals surface area contributed by atoms with Crippen molar-refractivity contribution >= 4 is 33.6 Å². The van der Waals surface area contributed by atoms with E-state index >= 15 is 0 Å². The van der Waals surface area contributed by atoms with E-state index in [4.69, 9.17) is 4.74 Å². The van der Waals surface area contributed by atoms with Gasteiger partial charge in [-0.05, 0) is 55.4 Å². The molecule has 1 saturated heterocycles. The molecule has 1 fully saturated rings. The van der Waals surface area contributed by atoms with Gasteiger partial charge in [-0.1, -0.05) is 52.3 Å². The molecule has 2 aromatic carbocycles. The van der Waals surface area contributed by atoms with E-state index in [9.17, 15) is 9.59 Å². The van der Waals surface area contributed by atoms with Gasteiger partial charge in [0, 0.05) is 23.2 Å². The van der Waals surface area contributed by atoms with Crippen LogP contribution in [0.15, 0.2) is 53.0 Å². The summed E-state index contributed by atoms with van der Waals surface area (Å²) in [7, 11) is 0. The second-order valence-corrected chi connectivity index (χ2v) is 8.43. The average Bonchev–Trinajstić information content (AvgIpc) is 3.13. The van der Waals surface area contributed by atoms with Crippen molar-refractivity contribution in [1.29, 1.82) is 0 Å². The van der Waals surface area contributed by atoms with Gasteiger partial charge in [0.15, 0.2) is 0 Å². The lowest BCUT2D eigenvalue weighted by Crippen LogP contribution is -2.48. The highest BCUT2D eigenvalue weighted by atomic mass is 79.9. The number of carbonyl (C=O) groups excluding carboxylic acids is 2. The van der Waals surface area contributed by atoms with Crippen molar-refractivity contribution in [2.45, 2.75) is 44.8 Å². The maximum absolute atomic E-state index is 13.5. The van der Waals surface area contributed by atoms with Crippen LogP contribution in [0.1, 0.15) is 36.8 Å². The topological polar surface area (TPSA) is 49.9 Å². The van der Waals surface area contributed by atoms with Crippen molar-refractivity contribution in [2.75, 3.05) is 18.0 Å². The summed E-state index contributed by atoms with van der Waals surface area (Å²) in [6.45, 7) is 1.46. The largest absolute Gasteiger partial charge is 0.445 e. The zero-order chi connectivity index (χ0) is 20.2. The number of fused-ring (bicyclic) bond motifs is 1. The van der Waals surface area contributed by atoms with Crippen LogP contribution < -0.4 is 4.90 Å². The first-order valence-corrected chi connectivity index (χ1v) is 11.0.